The van der Waals surface area contributed by atoms with E-state index in [1.165, 1.54) is 6.07 Å². The van der Waals surface area contributed by atoms with Gasteiger partial charge in [-0.25, -0.2) is 9.37 Å². The fraction of sp³-hybridized carbons (Fsp3) is 0.167. The first kappa shape index (κ1) is 17.7. The molecule has 0 saturated heterocycles. The average Bonchev–Trinajstić information content (AvgIpc) is 3.13. The van der Waals surface area contributed by atoms with E-state index >= 15 is 0 Å². The van der Waals surface area contributed by atoms with Gasteiger partial charge >= 0.3 is 0 Å². The van der Waals surface area contributed by atoms with Crippen LogP contribution in [0.1, 0.15) is 11.1 Å². The van der Waals surface area contributed by atoms with Gasteiger partial charge in [-0.05, 0) is 39.7 Å². The van der Waals surface area contributed by atoms with Crippen LogP contribution in [-0.2, 0) is 13.2 Å². The first-order chi connectivity index (χ1) is 12.2. The molecule has 130 valence electrons. The number of nitrogens with zero attached hydrogens (tertiary/aromatic N) is 1. The molecule has 0 amide bonds. The maximum absolute atomic E-state index is 13.7. The second-order valence-corrected chi connectivity index (χ2v) is 6.93. The molecule has 3 aromatic rings. The minimum atomic E-state index is -0.290. The lowest BCUT2D eigenvalue weighted by atomic mass is 10.2. The van der Waals surface area contributed by atoms with Crippen molar-refractivity contribution in [3.05, 3.63) is 69.4 Å². The van der Waals surface area contributed by atoms with Crippen molar-refractivity contribution < 1.29 is 13.9 Å². The zero-order valence-electron chi connectivity index (χ0n) is 13.5. The smallest absolute Gasteiger partial charge is 0.182 e. The molecule has 0 spiro atoms. The van der Waals surface area contributed by atoms with Crippen molar-refractivity contribution in [2.45, 2.75) is 13.2 Å². The van der Waals surface area contributed by atoms with Crippen LogP contribution in [0.4, 0.5) is 9.52 Å². The van der Waals surface area contributed by atoms with Gasteiger partial charge in [0, 0.05) is 23.7 Å². The zero-order valence-corrected chi connectivity index (χ0v) is 15.9. The molecule has 0 unspecified atom stereocenters. The fourth-order valence-electron chi connectivity index (χ4n) is 2.27. The lowest BCUT2D eigenvalue weighted by molar-refractivity contribution is 0.277. The van der Waals surface area contributed by atoms with Gasteiger partial charge in [0.2, 0.25) is 0 Å². The molecule has 1 aromatic heterocycles. The van der Waals surface area contributed by atoms with Crippen LogP contribution in [0.3, 0.4) is 0 Å². The van der Waals surface area contributed by atoms with E-state index in [4.69, 9.17) is 9.47 Å². The Morgan fingerprint density at radius 3 is 2.84 bits per heavy atom. The standard InChI is InChI=1S/C18H16BrFN2O2S/c1-23-16-9-12(10-22-18-21-6-7-25-18)8-14(19)17(16)24-11-13-4-2-3-5-15(13)20/h2-9H,10-11H2,1H3,(H,21,22). The minimum absolute atomic E-state index is 0.123. The van der Waals surface area contributed by atoms with E-state index in [1.807, 2.05) is 17.5 Å². The summed E-state index contributed by atoms with van der Waals surface area (Å²) >= 11 is 5.05. The number of nitrogens with one attached hydrogen (secondary N) is 1. The van der Waals surface area contributed by atoms with Crippen LogP contribution in [0, 0.1) is 5.82 Å². The van der Waals surface area contributed by atoms with Crippen LogP contribution in [0.25, 0.3) is 0 Å². The third kappa shape index (κ3) is 4.49. The molecule has 0 bridgehead atoms. The van der Waals surface area contributed by atoms with Gasteiger partial charge in [-0.1, -0.05) is 18.2 Å². The maximum Gasteiger partial charge on any atom is 0.182 e. The summed E-state index contributed by atoms with van der Waals surface area (Å²) < 4.78 is 25.7. The molecule has 0 aliphatic heterocycles. The van der Waals surface area contributed by atoms with Crippen molar-refractivity contribution in [3.63, 3.8) is 0 Å². The highest BCUT2D eigenvalue weighted by molar-refractivity contribution is 9.10. The number of methoxy groups -OCH3 is 1. The molecule has 0 radical (unpaired) electrons. The summed E-state index contributed by atoms with van der Waals surface area (Å²) in [5, 5.41) is 6.02. The van der Waals surface area contributed by atoms with Crippen molar-refractivity contribution in [3.8, 4) is 11.5 Å². The van der Waals surface area contributed by atoms with Gasteiger partial charge in [0.05, 0.1) is 11.6 Å². The second kappa shape index (κ2) is 8.31. The molecule has 0 aliphatic rings. The number of halogens is 2. The molecule has 0 aliphatic carbocycles. The van der Waals surface area contributed by atoms with Crippen molar-refractivity contribution in [2.24, 2.45) is 0 Å². The van der Waals surface area contributed by atoms with Crippen LogP contribution in [-0.4, -0.2) is 12.1 Å². The number of rotatable bonds is 7. The molecule has 3 rings (SSSR count). The van der Waals surface area contributed by atoms with Gasteiger partial charge in [0.25, 0.3) is 0 Å². The van der Waals surface area contributed by atoms with Crippen molar-refractivity contribution in [1.82, 2.24) is 4.98 Å². The first-order valence-corrected chi connectivity index (χ1v) is 9.20. The highest BCUT2D eigenvalue weighted by Crippen LogP contribution is 2.37. The Hall–Kier alpha value is -2.12. The largest absolute Gasteiger partial charge is 0.493 e. The van der Waals surface area contributed by atoms with E-state index in [1.54, 1.807) is 42.8 Å². The Bertz CT molecular complexity index is 843. The minimum Gasteiger partial charge on any atom is -0.493 e. The number of benzene rings is 2. The third-order valence-corrected chi connectivity index (χ3v) is 4.81. The summed E-state index contributed by atoms with van der Waals surface area (Å²) in [5.41, 5.74) is 1.50. The van der Waals surface area contributed by atoms with E-state index in [-0.39, 0.29) is 12.4 Å². The number of anilines is 1. The van der Waals surface area contributed by atoms with Crippen molar-refractivity contribution in [2.75, 3.05) is 12.4 Å². The second-order valence-electron chi connectivity index (χ2n) is 5.18. The monoisotopic (exact) mass is 422 g/mol. The van der Waals surface area contributed by atoms with Gasteiger partial charge in [0.15, 0.2) is 16.6 Å². The molecule has 1 heterocycles. The Morgan fingerprint density at radius 1 is 1.28 bits per heavy atom. The van der Waals surface area contributed by atoms with E-state index in [0.29, 0.717) is 23.6 Å². The van der Waals surface area contributed by atoms with Crippen LogP contribution >= 0.6 is 27.3 Å². The topological polar surface area (TPSA) is 43.4 Å². The first-order valence-electron chi connectivity index (χ1n) is 7.53. The fourth-order valence-corrected chi connectivity index (χ4v) is 3.40. The van der Waals surface area contributed by atoms with Gasteiger partial charge in [0.1, 0.15) is 12.4 Å². The van der Waals surface area contributed by atoms with Gasteiger partial charge in [-0.3, -0.25) is 0 Å². The van der Waals surface area contributed by atoms with Crippen molar-refractivity contribution >= 4 is 32.4 Å². The number of ether oxygens (including phenoxy) is 2. The lowest BCUT2D eigenvalue weighted by Gasteiger charge is -2.15. The molecule has 4 nitrogen and oxygen atoms in total. The van der Waals surface area contributed by atoms with Crippen molar-refractivity contribution in [1.29, 1.82) is 0 Å². The molecule has 0 atom stereocenters. The van der Waals surface area contributed by atoms with Crippen LogP contribution in [0.5, 0.6) is 11.5 Å². The van der Waals surface area contributed by atoms with Crippen LogP contribution in [0.2, 0.25) is 0 Å². The summed E-state index contributed by atoms with van der Waals surface area (Å²) in [6, 6.07) is 10.4. The highest BCUT2D eigenvalue weighted by Gasteiger charge is 2.13. The highest BCUT2D eigenvalue weighted by atomic mass is 79.9. The maximum atomic E-state index is 13.7. The Kier molecular flexibility index (Phi) is 5.88. The molecule has 1 N–H and O–H groups in total. The summed E-state index contributed by atoms with van der Waals surface area (Å²) in [6.07, 6.45) is 1.75. The van der Waals surface area contributed by atoms with E-state index in [9.17, 15) is 4.39 Å². The number of hydrogen-bond acceptors (Lipinski definition) is 5. The molecule has 7 heteroatoms. The number of aromatic nitrogens is 1. The summed E-state index contributed by atoms with van der Waals surface area (Å²) in [7, 11) is 1.58. The van der Waals surface area contributed by atoms with E-state index in [0.717, 1.165) is 15.2 Å². The molecular formula is C18H16BrFN2O2S. The zero-order chi connectivity index (χ0) is 17.6. The SMILES string of the molecule is COc1cc(CNc2nccs2)cc(Br)c1OCc1ccccc1F. The lowest BCUT2D eigenvalue weighted by Crippen LogP contribution is -2.03. The Balaban J connectivity index is 1.74. The molecule has 0 fully saturated rings. The average molecular weight is 423 g/mol. The predicted molar refractivity (Wildman–Crippen MR) is 101 cm³/mol. The van der Waals surface area contributed by atoms with Crippen LogP contribution < -0.4 is 14.8 Å². The summed E-state index contributed by atoms with van der Waals surface area (Å²) in [6.45, 7) is 0.731. The predicted octanol–water partition coefficient (Wildman–Crippen LogP) is 5.24. The van der Waals surface area contributed by atoms with E-state index in [2.05, 4.69) is 26.2 Å². The molecular weight excluding hydrogens is 407 g/mol. The van der Waals surface area contributed by atoms with E-state index < -0.39 is 0 Å². The number of thiazole rings is 1. The van der Waals surface area contributed by atoms with Gasteiger partial charge in [-0.2, -0.15) is 0 Å². The summed E-state index contributed by atoms with van der Waals surface area (Å²) in [4.78, 5) is 4.19. The Labute approximate surface area is 157 Å². The van der Waals surface area contributed by atoms with Gasteiger partial charge < -0.3 is 14.8 Å². The number of hydrogen-bond donors (Lipinski definition) is 1. The quantitative estimate of drug-likeness (QED) is 0.564. The molecule has 2 aromatic carbocycles. The Morgan fingerprint density at radius 2 is 2.12 bits per heavy atom. The molecule has 0 saturated carbocycles. The normalized spacial score (nSPS) is 10.5. The summed E-state index contributed by atoms with van der Waals surface area (Å²) in [5.74, 6) is 0.840. The third-order valence-electron chi connectivity index (χ3n) is 3.50. The van der Waals surface area contributed by atoms with Gasteiger partial charge in [-0.15, -0.1) is 11.3 Å². The van der Waals surface area contributed by atoms with Crippen LogP contribution in [0.15, 0.2) is 52.4 Å². The molecule has 25 heavy (non-hydrogen) atoms.